The van der Waals surface area contributed by atoms with Gasteiger partial charge in [-0.3, -0.25) is 4.79 Å². The van der Waals surface area contributed by atoms with Crippen molar-refractivity contribution in [1.29, 1.82) is 0 Å². The Morgan fingerprint density at radius 3 is 2.23 bits per heavy atom. The molecule has 4 heteroatoms. The fourth-order valence-electron chi connectivity index (χ4n) is 2.66. The minimum atomic E-state index is -0.364. The Kier molecular flexibility index (Phi) is 4.83. The maximum atomic E-state index is 12.0. The Morgan fingerprint density at radius 1 is 1.14 bits per heavy atom. The Labute approximate surface area is 134 Å². The van der Waals surface area contributed by atoms with E-state index in [2.05, 4.69) is 33.8 Å². The number of Topliss-reactive ketones (excluding diaryl/α,β-unsaturated/α-hetero) is 1. The standard InChI is InChI=1S/C18H27BO3/c1-7-16(20)14-10-8-9-11-15(13(2)12-14)19-21-17(3,4)18(5,6)22-19/h10-12H,7-9H2,1-6H3/b13-12-,14-10?,15-11+. The number of carbonyl (C=O) groups excluding carboxylic acids is 1. The van der Waals surface area contributed by atoms with Crippen LogP contribution < -0.4 is 0 Å². The van der Waals surface area contributed by atoms with E-state index in [1.54, 1.807) is 0 Å². The SMILES string of the molecule is CCC(=O)C1=CCC/C=C(B2OC(C)(C)C(C)(C)O2)\C(C)=C/1. The Hall–Kier alpha value is -1.13. The van der Waals surface area contributed by atoms with Crippen molar-refractivity contribution in [2.24, 2.45) is 0 Å². The normalized spacial score (nSPS) is 28.8. The molecule has 0 atom stereocenters. The first-order chi connectivity index (χ1) is 10.2. The van der Waals surface area contributed by atoms with E-state index >= 15 is 0 Å². The van der Waals surface area contributed by atoms with Gasteiger partial charge in [0.1, 0.15) is 0 Å². The zero-order chi connectivity index (χ0) is 16.5. The third kappa shape index (κ3) is 3.28. The van der Waals surface area contributed by atoms with E-state index in [1.807, 2.05) is 26.0 Å². The third-order valence-corrected chi connectivity index (χ3v) is 4.87. The molecule has 0 aromatic rings. The summed E-state index contributed by atoms with van der Waals surface area (Å²) in [6, 6.07) is 0. The molecule has 0 aromatic heterocycles. The lowest BCUT2D eigenvalue weighted by Gasteiger charge is -2.32. The van der Waals surface area contributed by atoms with Crippen LogP contribution in [0, 0.1) is 0 Å². The van der Waals surface area contributed by atoms with Crippen LogP contribution in [0.25, 0.3) is 0 Å². The van der Waals surface area contributed by atoms with E-state index in [0.717, 1.165) is 29.5 Å². The molecule has 22 heavy (non-hydrogen) atoms. The molecule has 0 bridgehead atoms. The van der Waals surface area contributed by atoms with Crippen LogP contribution in [0.15, 0.2) is 34.8 Å². The number of carbonyl (C=O) groups is 1. The van der Waals surface area contributed by atoms with Crippen LogP contribution in [0.2, 0.25) is 0 Å². The van der Waals surface area contributed by atoms with Gasteiger partial charge in [-0.05, 0) is 59.0 Å². The van der Waals surface area contributed by atoms with Crippen LogP contribution in [0.1, 0.15) is 60.8 Å². The van der Waals surface area contributed by atoms with Gasteiger partial charge >= 0.3 is 7.12 Å². The predicted molar refractivity (Wildman–Crippen MR) is 90.5 cm³/mol. The van der Waals surface area contributed by atoms with Gasteiger partial charge in [0, 0.05) is 12.0 Å². The maximum Gasteiger partial charge on any atom is 0.494 e. The Morgan fingerprint density at radius 2 is 1.68 bits per heavy atom. The highest BCUT2D eigenvalue weighted by molar-refractivity contribution is 6.56. The lowest BCUT2D eigenvalue weighted by Crippen LogP contribution is -2.41. The minimum absolute atomic E-state index is 0.189. The number of rotatable bonds is 3. The molecule has 1 saturated heterocycles. The van der Waals surface area contributed by atoms with Crippen LogP contribution in [0.3, 0.4) is 0 Å². The molecule has 1 fully saturated rings. The van der Waals surface area contributed by atoms with Crippen molar-refractivity contribution in [3.63, 3.8) is 0 Å². The van der Waals surface area contributed by atoms with Gasteiger partial charge in [0.15, 0.2) is 5.78 Å². The molecule has 1 heterocycles. The second kappa shape index (κ2) is 6.17. The molecule has 2 rings (SSSR count). The highest BCUT2D eigenvalue weighted by Crippen LogP contribution is 2.40. The highest BCUT2D eigenvalue weighted by Gasteiger charge is 2.52. The smallest absolute Gasteiger partial charge is 0.399 e. The molecule has 0 radical (unpaired) electrons. The molecular weight excluding hydrogens is 275 g/mol. The van der Waals surface area contributed by atoms with Crippen molar-refractivity contribution in [3.8, 4) is 0 Å². The summed E-state index contributed by atoms with van der Waals surface area (Å²) in [6.07, 6.45) is 8.48. The molecule has 2 aliphatic rings. The quantitative estimate of drug-likeness (QED) is 0.733. The third-order valence-electron chi connectivity index (χ3n) is 4.87. The largest absolute Gasteiger partial charge is 0.494 e. The average molecular weight is 302 g/mol. The predicted octanol–water partition coefficient (Wildman–Crippen LogP) is 4.19. The number of hydrogen-bond acceptors (Lipinski definition) is 3. The Balaban J connectivity index is 2.29. The first-order valence-electron chi connectivity index (χ1n) is 8.15. The molecule has 0 spiro atoms. The number of allylic oxidation sites excluding steroid dienone is 6. The van der Waals surface area contributed by atoms with Gasteiger partial charge in [-0.25, -0.2) is 0 Å². The number of ketones is 1. The summed E-state index contributed by atoms with van der Waals surface area (Å²) in [5.41, 5.74) is 2.21. The molecule has 0 unspecified atom stereocenters. The molecule has 1 aliphatic carbocycles. The van der Waals surface area contributed by atoms with Crippen molar-refractivity contribution in [2.75, 3.05) is 0 Å². The van der Waals surface area contributed by atoms with Gasteiger partial charge < -0.3 is 9.31 Å². The van der Waals surface area contributed by atoms with Crippen LogP contribution in [0.4, 0.5) is 0 Å². The summed E-state index contributed by atoms with van der Waals surface area (Å²) in [4.78, 5) is 12.0. The van der Waals surface area contributed by atoms with E-state index < -0.39 is 0 Å². The van der Waals surface area contributed by atoms with Gasteiger partial charge in [-0.15, -0.1) is 0 Å². The van der Waals surface area contributed by atoms with Crippen LogP contribution in [-0.4, -0.2) is 24.1 Å². The zero-order valence-corrected chi connectivity index (χ0v) is 14.7. The fraction of sp³-hybridized carbons (Fsp3) is 0.611. The van der Waals surface area contributed by atoms with E-state index in [1.165, 1.54) is 0 Å². The second-order valence-corrected chi connectivity index (χ2v) is 7.09. The molecule has 1 aliphatic heterocycles. The number of hydrogen-bond donors (Lipinski definition) is 0. The van der Waals surface area contributed by atoms with Crippen molar-refractivity contribution >= 4 is 12.9 Å². The first kappa shape index (κ1) is 17.2. The molecule has 120 valence electrons. The van der Waals surface area contributed by atoms with E-state index in [9.17, 15) is 4.79 Å². The second-order valence-electron chi connectivity index (χ2n) is 7.09. The minimum Gasteiger partial charge on any atom is -0.399 e. The topological polar surface area (TPSA) is 35.5 Å². The van der Waals surface area contributed by atoms with Crippen molar-refractivity contribution < 1.29 is 14.1 Å². The van der Waals surface area contributed by atoms with Crippen LogP contribution in [0.5, 0.6) is 0 Å². The molecule has 0 aromatic carbocycles. The summed E-state index contributed by atoms with van der Waals surface area (Å²) in [5.74, 6) is 0.189. The lowest BCUT2D eigenvalue weighted by atomic mass is 9.72. The molecule has 0 saturated carbocycles. The van der Waals surface area contributed by atoms with Crippen LogP contribution in [-0.2, 0) is 14.1 Å². The summed E-state index contributed by atoms with van der Waals surface area (Å²) in [5, 5.41) is 0. The van der Waals surface area contributed by atoms with Gasteiger partial charge in [0.25, 0.3) is 0 Å². The molecule has 3 nitrogen and oxygen atoms in total. The summed E-state index contributed by atoms with van der Waals surface area (Å²) < 4.78 is 12.3. The van der Waals surface area contributed by atoms with E-state index in [-0.39, 0.29) is 24.1 Å². The summed E-state index contributed by atoms with van der Waals surface area (Å²) >= 11 is 0. The fourth-order valence-corrected chi connectivity index (χ4v) is 2.66. The van der Waals surface area contributed by atoms with Gasteiger partial charge in [0.2, 0.25) is 0 Å². The van der Waals surface area contributed by atoms with Crippen LogP contribution >= 0.6 is 0 Å². The van der Waals surface area contributed by atoms with Crippen molar-refractivity contribution in [3.05, 3.63) is 34.8 Å². The van der Waals surface area contributed by atoms with E-state index in [0.29, 0.717) is 6.42 Å². The van der Waals surface area contributed by atoms with Gasteiger partial charge in [-0.1, -0.05) is 24.6 Å². The van der Waals surface area contributed by atoms with Crippen molar-refractivity contribution in [1.82, 2.24) is 0 Å². The van der Waals surface area contributed by atoms with Gasteiger partial charge in [0.05, 0.1) is 11.2 Å². The molecule has 0 N–H and O–H groups in total. The first-order valence-corrected chi connectivity index (χ1v) is 8.15. The molecule has 0 amide bonds. The maximum absolute atomic E-state index is 12.0. The van der Waals surface area contributed by atoms with Gasteiger partial charge in [-0.2, -0.15) is 0 Å². The summed E-state index contributed by atoms with van der Waals surface area (Å²) in [6.45, 7) is 12.2. The Bertz CT molecular complexity index is 537. The molecular formula is C18H27BO3. The van der Waals surface area contributed by atoms with E-state index in [4.69, 9.17) is 9.31 Å². The van der Waals surface area contributed by atoms with Crippen molar-refractivity contribution in [2.45, 2.75) is 72.0 Å². The summed E-state index contributed by atoms with van der Waals surface area (Å²) in [7, 11) is -0.364. The lowest BCUT2D eigenvalue weighted by molar-refractivity contribution is -0.115. The zero-order valence-electron chi connectivity index (χ0n) is 14.7. The average Bonchev–Trinajstić information content (AvgIpc) is 2.61. The highest BCUT2D eigenvalue weighted by atomic mass is 16.7. The monoisotopic (exact) mass is 302 g/mol.